The summed E-state index contributed by atoms with van der Waals surface area (Å²) in [4.78, 5) is 5.09. The minimum Gasteiger partial charge on any atom is -0.388 e. The summed E-state index contributed by atoms with van der Waals surface area (Å²) >= 11 is 0. The van der Waals surface area contributed by atoms with Gasteiger partial charge in [-0.1, -0.05) is 55.0 Å². The Kier molecular flexibility index (Phi) is 12.1. The lowest BCUT2D eigenvalue weighted by atomic mass is 9.72. The van der Waals surface area contributed by atoms with Crippen molar-refractivity contribution in [1.29, 1.82) is 0 Å². The summed E-state index contributed by atoms with van der Waals surface area (Å²) < 4.78 is 35.5. The standard InChI is InChI=1S/C28H43F2NO2S.C2H6/c1-11-18-24-21(15-28(5,6)16-23(24)33-7)31-26(17(3)4)25(18)22(32)14-13-20(30)27(19(29)12-2)34(8,9)10;1-2/h12-13,17,22-23,32H,2,11,14-16H2,1,3-10H3;1-2H3/b20-13+,27-19-;. The van der Waals surface area contributed by atoms with Gasteiger partial charge in [-0.15, -0.1) is 0 Å². The minimum absolute atomic E-state index is 0.0333. The van der Waals surface area contributed by atoms with Crippen LogP contribution in [-0.2, 0) is 17.6 Å². The molecule has 0 saturated carbocycles. The summed E-state index contributed by atoms with van der Waals surface area (Å²) in [6.07, 6.45) is 9.28. The van der Waals surface area contributed by atoms with E-state index in [1.807, 2.05) is 32.6 Å². The van der Waals surface area contributed by atoms with Crippen molar-refractivity contribution in [3.63, 3.8) is 0 Å². The molecule has 0 saturated heterocycles. The van der Waals surface area contributed by atoms with E-state index in [4.69, 9.17) is 9.72 Å². The Balaban J connectivity index is 0.00000316. The molecule has 1 aliphatic carbocycles. The van der Waals surface area contributed by atoms with E-state index in [1.165, 1.54) is 6.08 Å². The highest BCUT2D eigenvalue weighted by Gasteiger charge is 2.37. The molecular formula is C30H49F2NO2S. The van der Waals surface area contributed by atoms with E-state index < -0.39 is 27.8 Å². The van der Waals surface area contributed by atoms with Gasteiger partial charge in [0.15, 0.2) is 0 Å². The van der Waals surface area contributed by atoms with Crippen molar-refractivity contribution in [3.8, 4) is 0 Å². The molecule has 1 aromatic heterocycles. The van der Waals surface area contributed by atoms with Gasteiger partial charge in [0.2, 0.25) is 0 Å². The van der Waals surface area contributed by atoms with Crippen molar-refractivity contribution < 1.29 is 18.6 Å². The van der Waals surface area contributed by atoms with E-state index in [2.05, 4.69) is 41.2 Å². The highest BCUT2D eigenvalue weighted by Crippen LogP contribution is 2.51. The number of pyridine rings is 1. The Morgan fingerprint density at radius 1 is 1.25 bits per heavy atom. The molecule has 1 aromatic rings. The molecule has 3 nitrogen and oxygen atoms in total. The minimum atomic E-state index is -1.68. The van der Waals surface area contributed by atoms with Crippen molar-refractivity contribution in [2.45, 2.75) is 92.3 Å². The fraction of sp³-hybridized carbons (Fsp3) is 0.633. The molecule has 206 valence electrons. The molecule has 0 amide bonds. The number of ether oxygens (including phenoxy) is 1. The number of aliphatic hydroxyl groups is 1. The van der Waals surface area contributed by atoms with E-state index in [0.29, 0.717) is 6.42 Å². The highest BCUT2D eigenvalue weighted by atomic mass is 32.3. The fourth-order valence-corrected chi connectivity index (χ4v) is 6.33. The molecule has 0 aromatic carbocycles. The number of hydrogen-bond acceptors (Lipinski definition) is 3. The van der Waals surface area contributed by atoms with E-state index >= 15 is 4.39 Å². The van der Waals surface area contributed by atoms with E-state index in [1.54, 1.807) is 7.11 Å². The second kappa shape index (κ2) is 13.3. The molecule has 0 fully saturated rings. The van der Waals surface area contributed by atoms with Crippen LogP contribution in [0, 0.1) is 5.41 Å². The molecule has 0 radical (unpaired) electrons. The molecule has 1 heterocycles. The van der Waals surface area contributed by atoms with Crippen LogP contribution in [0.15, 0.2) is 35.3 Å². The van der Waals surface area contributed by atoms with Gasteiger partial charge in [0.05, 0.1) is 17.1 Å². The summed E-state index contributed by atoms with van der Waals surface area (Å²) in [7, 11) is 0.0423. The van der Waals surface area contributed by atoms with Crippen LogP contribution in [0.3, 0.4) is 0 Å². The quantitative estimate of drug-likeness (QED) is 0.328. The number of fused-ring (bicyclic) bond motifs is 1. The average molecular weight is 526 g/mol. The van der Waals surface area contributed by atoms with E-state index in [-0.39, 0.29) is 28.8 Å². The van der Waals surface area contributed by atoms with Crippen LogP contribution < -0.4 is 0 Å². The number of methoxy groups -OCH3 is 1. The monoisotopic (exact) mass is 525 g/mol. The lowest BCUT2D eigenvalue weighted by molar-refractivity contribution is 0.0479. The summed E-state index contributed by atoms with van der Waals surface area (Å²) in [6.45, 7) is 18.1. The molecule has 1 aliphatic rings. The number of halogens is 2. The van der Waals surface area contributed by atoms with Crippen LogP contribution in [0.1, 0.15) is 108 Å². The predicted octanol–water partition coefficient (Wildman–Crippen LogP) is 8.79. The Morgan fingerprint density at radius 3 is 2.28 bits per heavy atom. The van der Waals surface area contributed by atoms with Crippen molar-refractivity contribution in [2.24, 2.45) is 5.41 Å². The van der Waals surface area contributed by atoms with Crippen LogP contribution in [0.4, 0.5) is 8.78 Å². The molecule has 1 N–H and O–H groups in total. The lowest BCUT2D eigenvalue weighted by Crippen LogP contribution is -2.30. The van der Waals surface area contributed by atoms with Crippen LogP contribution in [0.5, 0.6) is 0 Å². The van der Waals surface area contributed by atoms with Gasteiger partial charge in [-0.25, -0.2) is 18.8 Å². The molecular weight excluding hydrogens is 476 g/mol. The van der Waals surface area contributed by atoms with Crippen molar-refractivity contribution in [2.75, 3.05) is 25.9 Å². The van der Waals surface area contributed by atoms with Gasteiger partial charge in [0.1, 0.15) is 11.7 Å². The number of nitrogens with zero attached hydrogens (tertiary/aromatic N) is 1. The smallest absolute Gasteiger partial charge is 0.137 e. The van der Waals surface area contributed by atoms with Crippen molar-refractivity contribution in [1.82, 2.24) is 4.98 Å². The molecule has 2 unspecified atom stereocenters. The molecule has 0 bridgehead atoms. The number of allylic oxidation sites excluding steroid dienone is 3. The third-order valence-corrected chi connectivity index (χ3v) is 8.08. The van der Waals surface area contributed by atoms with Gasteiger partial charge < -0.3 is 9.84 Å². The first-order valence-corrected chi connectivity index (χ1v) is 15.9. The summed E-state index contributed by atoms with van der Waals surface area (Å²) in [5.74, 6) is -1.19. The molecule has 2 atom stereocenters. The average Bonchev–Trinajstić information content (AvgIpc) is 2.80. The maximum Gasteiger partial charge on any atom is 0.137 e. The molecule has 36 heavy (non-hydrogen) atoms. The molecule has 6 heteroatoms. The van der Waals surface area contributed by atoms with Gasteiger partial charge in [0, 0.05) is 29.6 Å². The largest absolute Gasteiger partial charge is 0.388 e. The van der Waals surface area contributed by atoms with E-state index in [0.717, 1.165) is 47.0 Å². The number of hydrogen-bond donors (Lipinski definition) is 1. The third-order valence-electron chi connectivity index (χ3n) is 6.46. The molecule has 0 aliphatic heterocycles. The van der Waals surface area contributed by atoms with Crippen LogP contribution in [0.2, 0.25) is 0 Å². The second-order valence-corrected chi connectivity index (χ2v) is 15.1. The Hall–Kier alpha value is -1.50. The number of aromatic nitrogens is 1. The zero-order valence-corrected chi connectivity index (χ0v) is 25.2. The zero-order valence-electron chi connectivity index (χ0n) is 24.4. The van der Waals surface area contributed by atoms with E-state index in [9.17, 15) is 9.50 Å². The number of aliphatic hydroxyl groups excluding tert-OH is 1. The van der Waals surface area contributed by atoms with Gasteiger partial charge in [0.25, 0.3) is 0 Å². The third kappa shape index (κ3) is 7.52. The highest BCUT2D eigenvalue weighted by molar-refractivity contribution is 8.35. The Bertz CT molecular complexity index is 974. The van der Waals surface area contributed by atoms with Crippen LogP contribution in [0.25, 0.3) is 0 Å². The molecule has 2 rings (SSSR count). The van der Waals surface area contributed by atoms with Gasteiger partial charge in [-0.05, 0) is 73.5 Å². The Morgan fingerprint density at radius 2 is 1.83 bits per heavy atom. The first-order valence-electron chi connectivity index (χ1n) is 13.0. The van der Waals surface area contributed by atoms with Crippen molar-refractivity contribution >= 4 is 10.0 Å². The second-order valence-electron chi connectivity index (χ2n) is 11.0. The summed E-state index contributed by atoms with van der Waals surface area (Å²) in [5, 5.41) is 11.3. The van der Waals surface area contributed by atoms with Crippen LogP contribution >= 0.6 is 10.0 Å². The summed E-state index contributed by atoms with van der Waals surface area (Å²) in [5.41, 5.74) is 4.84. The Labute approximate surface area is 220 Å². The maximum absolute atomic E-state index is 15.2. The first-order chi connectivity index (χ1) is 16.7. The topological polar surface area (TPSA) is 42.4 Å². The van der Waals surface area contributed by atoms with Gasteiger partial charge in [-0.3, -0.25) is 4.98 Å². The zero-order chi connectivity index (χ0) is 28.0. The normalized spacial score (nSPS) is 19.6. The number of rotatable bonds is 9. The van der Waals surface area contributed by atoms with Gasteiger partial charge >= 0.3 is 0 Å². The maximum atomic E-state index is 15.2. The molecule has 0 spiro atoms. The van der Waals surface area contributed by atoms with Crippen molar-refractivity contribution in [3.05, 3.63) is 63.4 Å². The fourth-order valence-electron chi connectivity index (χ4n) is 5.00. The SMILES string of the molecule is C=C/C(F)=C(\C(F)=C/CC(O)c1c(C(C)C)nc2c(c1CC)C(OC)CC(C)(C)C2)S(C)(C)C.CC. The van der Waals surface area contributed by atoms with Crippen LogP contribution in [-0.4, -0.2) is 36.0 Å². The first kappa shape index (κ1) is 32.5. The van der Waals surface area contributed by atoms with Gasteiger partial charge in [-0.2, -0.15) is 0 Å². The summed E-state index contributed by atoms with van der Waals surface area (Å²) in [6, 6.07) is 0. The lowest BCUT2D eigenvalue weighted by Gasteiger charge is -2.38. The predicted molar refractivity (Wildman–Crippen MR) is 153 cm³/mol.